The van der Waals surface area contributed by atoms with Crippen LogP contribution in [0, 0.1) is 6.92 Å². The Morgan fingerprint density at radius 3 is 2.76 bits per heavy atom. The lowest BCUT2D eigenvalue weighted by Crippen LogP contribution is -2.27. The molecule has 0 spiro atoms. The van der Waals surface area contributed by atoms with Crippen LogP contribution in [0.2, 0.25) is 0 Å². The molecule has 0 aromatic heterocycles. The summed E-state index contributed by atoms with van der Waals surface area (Å²) in [6.45, 7) is 4.58. The van der Waals surface area contributed by atoms with Crippen molar-refractivity contribution in [3.63, 3.8) is 0 Å². The SMILES string of the molecule is CCCNC(=O)C(Cl)c1ccc(OC)c(C)c1. The quantitative estimate of drug-likeness (QED) is 0.822. The van der Waals surface area contributed by atoms with Crippen LogP contribution in [0.5, 0.6) is 5.75 Å². The van der Waals surface area contributed by atoms with Crippen molar-refractivity contribution in [2.24, 2.45) is 0 Å². The minimum absolute atomic E-state index is 0.155. The first kappa shape index (κ1) is 13.8. The van der Waals surface area contributed by atoms with Gasteiger partial charge in [0.25, 0.3) is 0 Å². The lowest BCUT2D eigenvalue weighted by Gasteiger charge is -2.12. The van der Waals surface area contributed by atoms with Crippen LogP contribution < -0.4 is 10.1 Å². The lowest BCUT2D eigenvalue weighted by molar-refractivity contribution is -0.120. The molecular formula is C13H18ClNO2. The third-order valence-corrected chi connectivity index (χ3v) is 2.94. The fourth-order valence-electron chi connectivity index (χ4n) is 1.55. The fourth-order valence-corrected chi connectivity index (χ4v) is 1.76. The van der Waals surface area contributed by atoms with Crippen LogP contribution in [0.4, 0.5) is 0 Å². The number of benzene rings is 1. The first-order chi connectivity index (χ1) is 8.10. The average Bonchev–Trinajstić information content (AvgIpc) is 2.34. The fraction of sp³-hybridized carbons (Fsp3) is 0.462. The summed E-state index contributed by atoms with van der Waals surface area (Å²) in [6.07, 6.45) is 0.900. The number of aryl methyl sites for hydroxylation is 1. The first-order valence-electron chi connectivity index (χ1n) is 5.66. The van der Waals surface area contributed by atoms with Gasteiger partial charge in [-0.05, 0) is 30.5 Å². The van der Waals surface area contributed by atoms with E-state index in [-0.39, 0.29) is 5.91 Å². The third kappa shape index (κ3) is 3.63. The van der Waals surface area contributed by atoms with E-state index in [0.717, 1.165) is 23.3 Å². The molecule has 0 aliphatic rings. The molecule has 0 bridgehead atoms. The van der Waals surface area contributed by atoms with Crippen molar-refractivity contribution in [1.29, 1.82) is 0 Å². The Labute approximate surface area is 107 Å². The Kier molecular flexibility index (Phi) is 5.29. The van der Waals surface area contributed by atoms with Crippen LogP contribution in [-0.4, -0.2) is 19.6 Å². The molecule has 0 fully saturated rings. The first-order valence-corrected chi connectivity index (χ1v) is 6.10. The zero-order valence-electron chi connectivity index (χ0n) is 10.4. The van der Waals surface area contributed by atoms with Gasteiger partial charge in [0, 0.05) is 6.54 Å². The summed E-state index contributed by atoms with van der Waals surface area (Å²) in [5.41, 5.74) is 1.76. The van der Waals surface area contributed by atoms with E-state index in [2.05, 4.69) is 5.32 Å². The van der Waals surface area contributed by atoms with Gasteiger partial charge in [-0.2, -0.15) is 0 Å². The van der Waals surface area contributed by atoms with Gasteiger partial charge in [0.1, 0.15) is 11.1 Å². The molecule has 1 rings (SSSR count). The summed E-state index contributed by atoms with van der Waals surface area (Å²) in [6, 6.07) is 5.52. The van der Waals surface area contributed by atoms with E-state index in [4.69, 9.17) is 16.3 Å². The predicted octanol–water partition coefficient (Wildman–Crippen LogP) is 2.81. The van der Waals surface area contributed by atoms with Crippen LogP contribution in [-0.2, 0) is 4.79 Å². The molecule has 0 saturated heterocycles. The molecule has 0 aliphatic carbocycles. The topological polar surface area (TPSA) is 38.3 Å². The molecule has 94 valence electrons. The van der Waals surface area contributed by atoms with Crippen molar-refractivity contribution in [2.45, 2.75) is 25.6 Å². The van der Waals surface area contributed by atoms with Crippen molar-refractivity contribution in [3.8, 4) is 5.75 Å². The van der Waals surface area contributed by atoms with Gasteiger partial charge in [-0.25, -0.2) is 0 Å². The van der Waals surface area contributed by atoms with E-state index < -0.39 is 5.38 Å². The molecule has 1 N–H and O–H groups in total. The Hall–Kier alpha value is -1.22. The van der Waals surface area contributed by atoms with Gasteiger partial charge in [-0.3, -0.25) is 4.79 Å². The van der Waals surface area contributed by atoms with E-state index in [1.165, 1.54) is 0 Å². The maximum absolute atomic E-state index is 11.7. The number of alkyl halides is 1. The van der Waals surface area contributed by atoms with Gasteiger partial charge >= 0.3 is 0 Å². The molecule has 17 heavy (non-hydrogen) atoms. The highest BCUT2D eigenvalue weighted by Crippen LogP contribution is 2.26. The summed E-state index contributed by atoms with van der Waals surface area (Å²) >= 11 is 6.11. The van der Waals surface area contributed by atoms with Crippen LogP contribution >= 0.6 is 11.6 Å². The molecule has 1 unspecified atom stereocenters. The van der Waals surface area contributed by atoms with Gasteiger partial charge in [0.05, 0.1) is 7.11 Å². The molecule has 1 aromatic rings. The minimum atomic E-state index is -0.647. The van der Waals surface area contributed by atoms with Gasteiger partial charge in [0.15, 0.2) is 0 Å². The molecular weight excluding hydrogens is 238 g/mol. The van der Waals surface area contributed by atoms with Crippen molar-refractivity contribution >= 4 is 17.5 Å². The summed E-state index contributed by atoms with van der Waals surface area (Å²) in [7, 11) is 1.62. The molecule has 1 atom stereocenters. The molecule has 0 aliphatic heterocycles. The predicted molar refractivity (Wildman–Crippen MR) is 69.6 cm³/mol. The number of rotatable bonds is 5. The number of nitrogens with one attached hydrogen (secondary N) is 1. The summed E-state index contributed by atoms with van der Waals surface area (Å²) in [5.74, 6) is 0.643. The van der Waals surface area contributed by atoms with Crippen LogP contribution in [0.25, 0.3) is 0 Å². The number of ether oxygens (including phenoxy) is 1. The molecule has 0 saturated carbocycles. The maximum Gasteiger partial charge on any atom is 0.242 e. The normalized spacial score (nSPS) is 12.0. The monoisotopic (exact) mass is 255 g/mol. The van der Waals surface area contributed by atoms with Gasteiger partial charge < -0.3 is 10.1 Å². The summed E-state index contributed by atoms with van der Waals surface area (Å²) < 4.78 is 5.16. The molecule has 0 heterocycles. The second-order valence-electron chi connectivity index (χ2n) is 3.88. The number of hydrogen-bond donors (Lipinski definition) is 1. The smallest absolute Gasteiger partial charge is 0.242 e. The Morgan fingerprint density at radius 2 is 2.24 bits per heavy atom. The Bertz CT molecular complexity index is 393. The molecule has 1 amide bonds. The number of hydrogen-bond acceptors (Lipinski definition) is 2. The maximum atomic E-state index is 11.7. The van der Waals surface area contributed by atoms with Gasteiger partial charge in [0.2, 0.25) is 5.91 Å². The van der Waals surface area contributed by atoms with Crippen molar-refractivity contribution in [2.75, 3.05) is 13.7 Å². The standard InChI is InChI=1S/C13H18ClNO2/c1-4-7-15-13(16)12(14)10-5-6-11(17-3)9(2)8-10/h5-6,8,12H,4,7H2,1-3H3,(H,15,16). The molecule has 4 heteroatoms. The highest BCUT2D eigenvalue weighted by atomic mass is 35.5. The zero-order chi connectivity index (χ0) is 12.8. The van der Waals surface area contributed by atoms with Crippen LogP contribution in [0.3, 0.4) is 0 Å². The number of methoxy groups -OCH3 is 1. The zero-order valence-corrected chi connectivity index (χ0v) is 11.2. The largest absolute Gasteiger partial charge is 0.496 e. The highest BCUT2D eigenvalue weighted by molar-refractivity contribution is 6.30. The lowest BCUT2D eigenvalue weighted by atomic mass is 10.1. The number of amides is 1. The summed E-state index contributed by atoms with van der Waals surface area (Å²) in [5, 5.41) is 2.13. The number of carbonyl (C=O) groups is 1. The van der Waals surface area contributed by atoms with E-state index >= 15 is 0 Å². The van der Waals surface area contributed by atoms with E-state index in [9.17, 15) is 4.79 Å². The molecule has 1 aromatic carbocycles. The van der Waals surface area contributed by atoms with E-state index in [0.29, 0.717) is 6.54 Å². The molecule has 3 nitrogen and oxygen atoms in total. The highest BCUT2D eigenvalue weighted by Gasteiger charge is 2.17. The molecule has 0 radical (unpaired) electrons. The van der Waals surface area contributed by atoms with Crippen LogP contribution in [0.15, 0.2) is 18.2 Å². The number of halogens is 1. The summed E-state index contributed by atoms with van der Waals surface area (Å²) in [4.78, 5) is 11.7. The van der Waals surface area contributed by atoms with Gasteiger partial charge in [-0.1, -0.05) is 19.1 Å². The average molecular weight is 256 g/mol. The third-order valence-electron chi connectivity index (χ3n) is 2.49. The van der Waals surface area contributed by atoms with Crippen molar-refractivity contribution in [1.82, 2.24) is 5.32 Å². The van der Waals surface area contributed by atoms with Crippen LogP contribution in [0.1, 0.15) is 29.8 Å². The van der Waals surface area contributed by atoms with Gasteiger partial charge in [-0.15, -0.1) is 11.6 Å². The van der Waals surface area contributed by atoms with E-state index in [1.807, 2.05) is 32.0 Å². The Balaban J connectivity index is 2.78. The van der Waals surface area contributed by atoms with Crippen molar-refractivity contribution < 1.29 is 9.53 Å². The Morgan fingerprint density at radius 1 is 1.53 bits per heavy atom. The number of carbonyl (C=O) groups excluding carboxylic acids is 1. The second kappa shape index (κ2) is 6.50. The van der Waals surface area contributed by atoms with Crippen molar-refractivity contribution in [3.05, 3.63) is 29.3 Å². The van der Waals surface area contributed by atoms with E-state index in [1.54, 1.807) is 7.11 Å². The minimum Gasteiger partial charge on any atom is -0.496 e. The second-order valence-corrected chi connectivity index (χ2v) is 4.32.